The second kappa shape index (κ2) is 9.79. The van der Waals surface area contributed by atoms with Crippen molar-refractivity contribution in [1.29, 1.82) is 0 Å². The van der Waals surface area contributed by atoms with Crippen molar-refractivity contribution in [2.75, 3.05) is 23.0 Å². The Kier molecular flexibility index (Phi) is 7.75. The number of hydrogen-bond acceptors (Lipinski definition) is 6. The maximum Gasteiger partial charge on any atom is 0.208 e. The number of hydrogen-bond donors (Lipinski definition) is 0. The summed E-state index contributed by atoms with van der Waals surface area (Å²) in [7, 11) is 0. The van der Waals surface area contributed by atoms with Crippen LogP contribution in [0.3, 0.4) is 0 Å². The van der Waals surface area contributed by atoms with Gasteiger partial charge >= 0.3 is 0 Å². The van der Waals surface area contributed by atoms with Gasteiger partial charge in [-0.3, -0.25) is 9.59 Å². The molecule has 0 unspecified atom stereocenters. The molecule has 24 heavy (non-hydrogen) atoms. The summed E-state index contributed by atoms with van der Waals surface area (Å²) in [6, 6.07) is 0. The summed E-state index contributed by atoms with van der Waals surface area (Å²) in [6.45, 7) is 0. The van der Waals surface area contributed by atoms with Gasteiger partial charge in [-0.1, -0.05) is 25.7 Å². The first-order valence-electron chi connectivity index (χ1n) is 8.88. The third-order valence-corrected chi connectivity index (χ3v) is 9.12. The lowest BCUT2D eigenvalue weighted by Gasteiger charge is -2.01. The summed E-state index contributed by atoms with van der Waals surface area (Å²) in [5.74, 6) is 4.29. The summed E-state index contributed by atoms with van der Waals surface area (Å²) in [6.07, 6.45) is 9.66. The van der Waals surface area contributed by atoms with Crippen LogP contribution >= 0.6 is 47.0 Å². The van der Waals surface area contributed by atoms with Crippen molar-refractivity contribution in [1.82, 2.24) is 0 Å². The number of fused-ring (bicyclic) bond motifs is 2. The predicted octanol–water partition coefficient (Wildman–Crippen LogP) is 5.36. The lowest BCUT2D eigenvalue weighted by Crippen LogP contribution is -1.84. The van der Waals surface area contributed by atoms with Gasteiger partial charge in [0.1, 0.15) is 0 Å². The van der Waals surface area contributed by atoms with Crippen LogP contribution in [0.5, 0.6) is 0 Å². The Morgan fingerprint density at radius 1 is 0.417 bits per heavy atom. The van der Waals surface area contributed by atoms with Crippen molar-refractivity contribution in [2.45, 2.75) is 70.9 Å². The molecule has 0 N–H and O–H groups in total. The highest BCUT2D eigenvalue weighted by Crippen LogP contribution is 2.36. The third-order valence-electron chi connectivity index (χ3n) is 4.18. The third kappa shape index (κ3) is 5.61. The largest absolute Gasteiger partial charge is 0.287 e. The van der Waals surface area contributed by atoms with E-state index in [-0.39, 0.29) is 0 Å². The molecule has 0 aliphatic carbocycles. The fourth-order valence-electron chi connectivity index (χ4n) is 2.61. The molecule has 0 atom stereocenters. The molecule has 1 aliphatic heterocycles. The van der Waals surface area contributed by atoms with Crippen LogP contribution in [-0.2, 0) is 0 Å². The maximum atomic E-state index is 11.7. The van der Waals surface area contributed by atoms with Gasteiger partial charge in [-0.15, -0.1) is 47.0 Å². The molecule has 2 nitrogen and oxygen atoms in total. The molecule has 2 aromatic rings. The Labute approximate surface area is 161 Å². The fourth-order valence-corrected chi connectivity index (χ4v) is 7.29. The highest BCUT2D eigenvalue weighted by Gasteiger charge is 2.23. The van der Waals surface area contributed by atoms with E-state index in [4.69, 9.17) is 0 Å². The zero-order valence-electron chi connectivity index (χ0n) is 13.9. The quantitative estimate of drug-likeness (QED) is 0.592. The van der Waals surface area contributed by atoms with E-state index in [2.05, 4.69) is 0 Å². The zero-order chi connectivity index (χ0) is 16.8. The van der Waals surface area contributed by atoms with E-state index < -0.39 is 0 Å². The van der Waals surface area contributed by atoms with Gasteiger partial charge in [0, 0.05) is 0 Å². The van der Waals surface area contributed by atoms with Crippen LogP contribution in [-0.4, -0.2) is 23.0 Å². The minimum Gasteiger partial charge on any atom is -0.287 e. The molecule has 3 rings (SSSR count). The SMILES string of the molecule is O=c1c2c1SCCCCCCSc1c(c1=O)SCCCCCCS2. The monoisotopic (exact) mass is 400 g/mol. The van der Waals surface area contributed by atoms with Crippen molar-refractivity contribution in [3.63, 3.8) is 0 Å². The molecular formula is C18H24O2S4. The average Bonchev–Trinajstić information content (AvgIpc) is 3.40. The van der Waals surface area contributed by atoms with E-state index >= 15 is 0 Å². The van der Waals surface area contributed by atoms with Gasteiger partial charge in [-0.05, 0) is 48.7 Å². The van der Waals surface area contributed by atoms with Gasteiger partial charge < -0.3 is 0 Å². The maximum absolute atomic E-state index is 11.7. The second-order valence-corrected chi connectivity index (χ2v) is 10.6. The van der Waals surface area contributed by atoms with Gasteiger partial charge in [0.15, 0.2) is 0 Å². The molecule has 0 aromatic heterocycles. The van der Waals surface area contributed by atoms with E-state index in [9.17, 15) is 9.59 Å². The van der Waals surface area contributed by atoms with Crippen molar-refractivity contribution in [2.24, 2.45) is 0 Å². The molecule has 0 bridgehead atoms. The van der Waals surface area contributed by atoms with Crippen LogP contribution in [0.4, 0.5) is 0 Å². The molecule has 0 saturated carbocycles. The zero-order valence-corrected chi connectivity index (χ0v) is 17.2. The van der Waals surface area contributed by atoms with Crippen LogP contribution < -0.4 is 10.9 Å². The molecule has 6 heteroatoms. The Hall–Kier alpha value is 0.220. The molecule has 1 aliphatic rings. The van der Waals surface area contributed by atoms with Gasteiger partial charge in [0.25, 0.3) is 0 Å². The molecule has 0 fully saturated rings. The first-order chi connectivity index (χ1) is 11.8. The molecule has 0 spiro atoms. The highest BCUT2D eigenvalue weighted by atomic mass is 32.2. The van der Waals surface area contributed by atoms with Crippen LogP contribution in [0.15, 0.2) is 29.2 Å². The van der Waals surface area contributed by atoms with Crippen molar-refractivity contribution in [3.05, 3.63) is 20.4 Å². The van der Waals surface area contributed by atoms with Crippen LogP contribution in [0.2, 0.25) is 0 Å². The average molecular weight is 401 g/mol. The summed E-state index contributed by atoms with van der Waals surface area (Å²) >= 11 is 7.06. The lowest BCUT2D eigenvalue weighted by molar-refractivity contribution is 0.711. The molecule has 0 saturated heterocycles. The summed E-state index contributed by atoms with van der Waals surface area (Å²) in [5, 5.41) is 0. The molecule has 2 aromatic carbocycles. The highest BCUT2D eigenvalue weighted by molar-refractivity contribution is 8.03. The van der Waals surface area contributed by atoms with Crippen LogP contribution in [0, 0.1) is 0 Å². The summed E-state index contributed by atoms with van der Waals surface area (Å²) in [4.78, 5) is 27.7. The Morgan fingerprint density at radius 2 is 0.667 bits per heavy atom. The Morgan fingerprint density at radius 3 is 0.917 bits per heavy atom. The minimum atomic E-state index is 0.321. The van der Waals surface area contributed by atoms with Gasteiger partial charge in [0.05, 0.1) is 19.6 Å². The van der Waals surface area contributed by atoms with Crippen molar-refractivity contribution >= 4 is 47.0 Å². The van der Waals surface area contributed by atoms with Gasteiger partial charge in [0.2, 0.25) is 10.9 Å². The summed E-state index contributed by atoms with van der Waals surface area (Å²) in [5.41, 5.74) is 0.642. The number of rotatable bonds is 0. The molecule has 0 radical (unpaired) electrons. The molecular weight excluding hydrogens is 376 g/mol. The Bertz CT molecular complexity index is 554. The Balaban J connectivity index is 1.41. The molecule has 1 heterocycles. The van der Waals surface area contributed by atoms with E-state index in [0.717, 1.165) is 42.6 Å². The van der Waals surface area contributed by atoms with Crippen LogP contribution in [0.25, 0.3) is 0 Å². The van der Waals surface area contributed by atoms with Crippen LogP contribution in [0.1, 0.15) is 51.4 Å². The molecule has 0 amide bonds. The fraction of sp³-hybridized carbons (Fsp3) is 0.667. The number of thioether (sulfide) groups is 4. The van der Waals surface area contributed by atoms with Gasteiger partial charge in [-0.2, -0.15) is 0 Å². The second-order valence-electron chi connectivity index (χ2n) is 6.20. The van der Waals surface area contributed by atoms with Crippen molar-refractivity contribution in [3.8, 4) is 0 Å². The normalized spacial score (nSPS) is 20.7. The topological polar surface area (TPSA) is 34.1 Å². The van der Waals surface area contributed by atoms with Gasteiger partial charge in [-0.25, -0.2) is 0 Å². The van der Waals surface area contributed by atoms with E-state index in [1.807, 2.05) is 0 Å². The first-order valence-corrected chi connectivity index (χ1v) is 12.8. The van der Waals surface area contributed by atoms with Crippen molar-refractivity contribution < 1.29 is 0 Å². The standard InChI is InChI=1S/C18H24O2S4/c19-13-15-16(13)23-11-7-3-4-8-12-24-18-14(20)17(18)22-10-6-2-1-5-9-21-15/h1-12H2. The van der Waals surface area contributed by atoms with E-state index in [0.29, 0.717) is 10.9 Å². The van der Waals surface area contributed by atoms with E-state index in [1.165, 1.54) is 51.4 Å². The van der Waals surface area contributed by atoms with E-state index in [1.54, 1.807) is 47.0 Å². The summed E-state index contributed by atoms with van der Waals surface area (Å²) < 4.78 is 0. The smallest absolute Gasteiger partial charge is 0.208 e. The molecule has 132 valence electrons. The first kappa shape index (κ1) is 19.0. The predicted molar refractivity (Wildman–Crippen MR) is 110 cm³/mol. The lowest BCUT2D eigenvalue weighted by atomic mass is 10.2. The minimum absolute atomic E-state index is 0.321.